The summed E-state index contributed by atoms with van der Waals surface area (Å²) in [6.45, 7) is 4.86. The highest BCUT2D eigenvalue weighted by atomic mass is 35.5. The Bertz CT molecular complexity index is 519. The Hall–Kier alpha value is -1.35. The normalized spacial score (nSPS) is 10.9. The number of rotatable bonds is 4. The fraction of sp³-hybridized carbons (Fsp3) is 0.357. The summed E-state index contributed by atoms with van der Waals surface area (Å²) in [6, 6.07) is 4.87. The molecule has 1 N–H and O–H groups in total. The maximum Gasteiger partial charge on any atom is 0.149 e. The number of aryl methyl sites for hydroxylation is 1. The van der Waals surface area contributed by atoms with Crippen LogP contribution in [0.3, 0.4) is 0 Å². The Labute approximate surface area is 111 Å². The van der Waals surface area contributed by atoms with E-state index >= 15 is 0 Å². The minimum atomic E-state index is -0.336. The molecule has 0 spiro atoms. The Morgan fingerprint density at radius 3 is 2.78 bits per heavy atom. The number of fused-ring (bicyclic) bond motifs is 1. The van der Waals surface area contributed by atoms with Gasteiger partial charge in [-0.15, -0.1) is 0 Å². The van der Waals surface area contributed by atoms with Gasteiger partial charge in [-0.3, -0.25) is 0 Å². The molecule has 0 fully saturated rings. The van der Waals surface area contributed by atoms with Crippen LogP contribution >= 0.6 is 11.6 Å². The van der Waals surface area contributed by atoms with E-state index in [0.29, 0.717) is 15.9 Å². The van der Waals surface area contributed by atoms with Gasteiger partial charge in [0.15, 0.2) is 0 Å². The zero-order chi connectivity index (χ0) is 13.1. The molecule has 4 heteroatoms. The highest BCUT2D eigenvalue weighted by molar-refractivity contribution is 6.35. The van der Waals surface area contributed by atoms with Crippen LogP contribution in [0.2, 0.25) is 5.02 Å². The molecule has 0 radical (unpaired) electrons. The van der Waals surface area contributed by atoms with Crippen LogP contribution in [0.4, 0.5) is 10.2 Å². The number of benzene rings is 1. The third-order valence-electron chi connectivity index (χ3n) is 2.82. The number of hydrogen-bond acceptors (Lipinski definition) is 2. The van der Waals surface area contributed by atoms with Crippen molar-refractivity contribution in [3.63, 3.8) is 0 Å². The van der Waals surface area contributed by atoms with Gasteiger partial charge in [-0.05, 0) is 37.1 Å². The molecule has 96 valence electrons. The van der Waals surface area contributed by atoms with Gasteiger partial charge in [0.1, 0.15) is 17.2 Å². The van der Waals surface area contributed by atoms with Gasteiger partial charge in [-0.2, -0.15) is 0 Å². The molecule has 18 heavy (non-hydrogen) atoms. The lowest BCUT2D eigenvalue weighted by Gasteiger charge is -2.12. The maximum atomic E-state index is 13.8. The molecule has 0 saturated carbocycles. The molecule has 0 aliphatic carbocycles. The van der Waals surface area contributed by atoms with Gasteiger partial charge in [0, 0.05) is 11.9 Å². The molecule has 2 rings (SSSR count). The summed E-state index contributed by atoms with van der Waals surface area (Å²) in [6.07, 6.45) is 1.91. The summed E-state index contributed by atoms with van der Waals surface area (Å²) in [7, 11) is 0. The Morgan fingerprint density at radius 2 is 2.11 bits per heavy atom. The quantitative estimate of drug-likeness (QED) is 0.887. The Balaban J connectivity index is 2.67. The van der Waals surface area contributed by atoms with E-state index in [0.717, 1.165) is 30.8 Å². The molecule has 2 aromatic rings. The zero-order valence-corrected chi connectivity index (χ0v) is 11.3. The highest BCUT2D eigenvalue weighted by Gasteiger charge is 2.11. The van der Waals surface area contributed by atoms with Crippen LogP contribution in [0.15, 0.2) is 18.2 Å². The first-order valence-electron chi connectivity index (χ1n) is 6.18. The maximum absolute atomic E-state index is 13.8. The van der Waals surface area contributed by atoms with Crippen molar-refractivity contribution in [1.82, 2.24) is 4.98 Å². The second kappa shape index (κ2) is 5.53. The van der Waals surface area contributed by atoms with Crippen molar-refractivity contribution in [2.24, 2.45) is 0 Å². The molecule has 0 saturated heterocycles. The van der Waals surface area contributed by atoms with Crippen molar-refractivity contribution < 1.29 is 4.39 Å². The average Bonchev–Trinajstić information content (AvgIpc) is 2.36. The van der Waals surface area contributed by atoms with E-state index in [1.165, 1.54) is 6.07 Å². The molecule has 0 amide bonds. The van der Waals surface area contributed by atoms with Crippen LogP contribution in [-0.4, -0.2) is 11.5 Å². The second-order valence-corrected chi connectivity index (χ2v) is 4.61. The predicted octanol–water partition coefficient (Wildman–Crippen LogP) is 4.41. The summed E-state index contributed by atoms with van der Waals surface area (Å²) >= 11 is 6.10. The van der Waals surface area contributed by atoms with Gasteiger partial charge in [0.05, 0.1) is 5.02 Å². The number of nitrogens with one attached hydrogen (secondary N) is 1. The second-order valence-electron chi connectivity index (χ2n) is 4.20. The number of halogens is 2. The standard InChI is InChI=1S/C14H16ClFN2/c1-3-5-9-8-10-11(15)6-7-12(16)13(10)18-14(9)17-4-2/h6-8H,3-5H2,1-2H3,(H,17,18). The molecule has 1 aromatic heterocycles. The van der Waals surface area contributed by atoms with Gasteiger partial charge in [0.2, 0.25) is 0 Å². The average molecular weight is 267 g/mol. The van der Waals surface area contributed by atoms with Gasteiger partial charge < -0.3 is 5.32 Å². The van der Waals surface area contributed by atoms with E-state index < -0.39 is 0 Å². The first kappa shape index (κ1) is 13.1. The minimum Gasteiger partial charge on any atom is -0.370 e. The number of hydrogen-bond donors (Lipinski definition) is 1. The van der Waals surface area contributed by atoms with Crippen molar-refractivity contribution in [1.29, 1.82) is 0 Å². The SMILES string of the molecule is CCCc1cc2c(Cl)ccc(F)c2nc1NCC. The lowest BCUT2D eigenvalue weighted by atomic mass is 10.1. The summed E-state index contributed by atoms with van der Waals surface area (Å²) in [5.74, 6) is 0.421. The predicted molar refractivity (Wildman–Crippen MR) is 74.9 cm³/mol. The monoisotopic (exact) mass is 266 g/mol. The van der Waals surface area contributed by atoms with Crippen molar-refractivity contribution >= 4 is 28.3 Å². The van der Waals surface area contributed by atoms with Gasteiger partial charge >= 0.3 is 0 Å². The number of aromatic nitrogens is 1. The largest absolute Gasteiger partial charge is 0.370 e. The molecular weight excluding hydrogens is 251 g/mol. The third-order valence-corrected chi connectivity index (χ3v) is 3.15. The summed E-state index contributed by atoms with van der Waals surface area (Å²) in [5.41, 5.74) is 1.41. The third kappa shape index (κ3) is 2.41. The molecule has 0 atom stereocenters. The van der Waals surface area contributed by atoms with Crippen LogP contribution in [-0.2, 0) is 6.42 Å². The fourth-order valence-electron chi connectivity index (χ4n) is 2.01. The highest BCUT2D eigenvalue weighted by Crippen LogP contribution is 2.29. The summed E-state index contributed by atoms with van der Waals surface area (Å²) < 4.78 is 13.8. The zero-order valence-electron chi connectivity index (χ0n) is 10.6. The first-order chi connectivity index (χ1) is 8.67. The fourth-order valence-corrected chi connectivity index (χ4v) is 2.22. The van der Waals surface area contributed by atoms with E-state index in [2.05, 4.69) is 17.2 Å². The topological polar surface area (TPSA) is 24.9 Å². The summed E-state index contributed by atoms with van der Waals surface area (Å²) in [4.78, 5) is 4.37. The van der Waals surface area contributed by atoms with Crippen LogP contribution in [0.1, 0.15) is 25.8 Å². The lowest BCUT2D eigenvalue weighted by Crippen LogP contribution is -2.04. The molecule has 0 aliphatic heterocycles. The van der Waals surface area contributed by atoms with Crippen molar-refractivity contribution in [2.45, 2.75) is 26.7 Å². The molecular formula is C14H16ClFN2. The van der Waals surface area contributed by atoms with E-state index in [4.69, 9.17) is 11.6 Å². The lowest BCUT2D eigenvalue weighted by molar-refractivity contribution is 0.637. The van der Waals surface area contributed by atoms with Gasteiger partial charge in [-0.25, -0.2) is 9.37 Å². The van der Waals surface area contributed by atoms with Gasteiger partial charge in [0.25, 0.3) is 0 Å². The molecule has 1 heterocycles. The van der Waals surface area contributed by atoms with E-state index in [9.17, 15) is 4.39 Å². The van der Waals surface area contributed by atoms with Crippen molar-refractivity contribution in [2.75, 3.05) is 11.9 Å². The van der Waals surface area contributed by atoms with Crippen LogP contribution in [0.25, 0.3) is 10.9 Å². The van der Waals surface area contributed by atoms with Crippen LogP contribution in [0.5, 0.6) is 0 Å². The minimum absolute atomic E-state index is 0.332. The molecule has 1 aromatic carbocycles. The van der Waals surface area contributed by atoms with E-state index in [1.807, 2.05) is 13.0 Å². The van der Waals surface area contributed by atoms with Crippen molar-refractivity contribution in [3.8, 4) is 0 Å². The molecule has 0 unspecified atom stereocenters. The van der Waals surface area contributed by atoms with Crippen molar-refractivity contribution in [3.05, 3.63) is 34.6 Å². The number of nitrogens with zero attached hydrogens (tertiary/aromatic N) is 1. The summed E-state index contributed by atoms with van der Waals surface area (Å²) in [5, 5.41) is 4.40. The number of pyridine rings is 1. The van der Waals surface area contributed by atoms with Crippen LogP contribution in [0, 0.1) is 5.82 Å². The molecule has 0 aliphatic rings. The smallest absolute Gasteiger partial charge is 0.149 e. The Kier molecular flexibility index (Phi) is 4.02. The van der Waals surface area contributed by atoms with Crippen LogP contribution < -0.4 is 5.32 Å². The molecule has 0 bridgehead atoms. The first-order valence-corrected chi connectivity index (χ1v) is 6.56. The Morgan fingerprint density at radius 1 is 1.33 bits per heavy atom. The number of anilines is 1. The van der Waals surface area contributed by atoms with Gasteiger partial charge in [-0.1, -0.05) is 24.9 Å². The van der Waals surface area contributed by atoms with E-state index in [-0.39, 0.29) is 5.82 Å². The van der Waals surface area contributed by atoms with E-state index in [1.54, 1.807) is 6.07 Å². The molecule has 2 nitrogen and oxygen atoms in total.